The van der Waals surface area contributed by atoms with Crippen LogP contribution >= 0.6 is 11.6 Å². The van der Waals surface area contributed by atoms with E-state index in [4.69, 9.17) is 16.3 Å². The van der Waals surface area contributed by atoms with Crippen LogP contribution in [0.25, 0.3) is 0 Å². The van der Waals surface area contributed by atoms with Gasteiger partial charge in [-0.1, -0.05) is 6.42 Å². The number of methoxy groups -OCH3 is 1. The minimum Gasteiger partial charge on any atom is -0.467 e. The van der Waals surface area contributed by atoms with Gasteiger partial charge < -0.3 is 15.0 Å². The number of anilines is 1. The monoisotopic (exact) mass is 285 g/mol. The molecule has 1 aromatic rings. The topological polar surface area (TPSA) is 63.2 Å². The number of hydrogen-bond acceptors (Lipinski definition) is 6. The quantitative estimate of drug-likeness (QED) is 0.890. The fraction of sp³-hybridized carbons (Fsp3) is 0.750. The molecule has 0 aromatic carbocycles. The number of hydrogen-bond donors (Lipinski definition) is 1. The Morgan fingerprint density at radius 3 is 2.68 bits per heavy atom. The fourth-order valence-electron chi connectivity index (χ4n) is 2.28. The van der Waals surface area contributed by atoms with E-state index < -0.39 is 0 Å². The van der Waals surface area contributed by atoms with Crippen LogP contribution in [0, 0.1) is 0 Å². The van der Waals surface area contributed by atoms with E-state index >= 15 is 0 Å². The molecule has 1 atom stereocenters. The van der Waals surface area contributed by atoms with E-state index in [1.54, 1.807) is 0 Å². The summed E-state index contributed by atoms with van der Waals surface area (Å²) in [5, 5.41) is 3.37. The molecule has 0 bridgehead atoms. The molecular formula is C12H20ClN5O. The van der Waals surface area contributed by atoms with Gasteiger partial charge >= 0.3 is 6.01 Å². The van der Waals surface area contributed by atoms with Crippen molar-refractivity contribution in [1.29, 1.82) is 0 Å². The van der Waals surface area contributed by atoms with Crippen LogP contribution in [0.5, 0.6) is 6.01 Å². The zero-order chi connectivity index (χ0) is 13.7. The second-order valence-corrected chi connectivity index (χ2v) is 5.16. The Kier molecular flexibility index (Phi) is 5.15. The van der Waals surface area contributed by atoms with Crippen molar-refractivity contribution in [2.75, 3.05) is 32.1 Å². The highest BCUT2D eigenvalue weighted by atomic mass is 35.5. The molecule has 0 spiro atoms. The number of rotatable bonds is 5. The third kappa shape index (κ3) is 4.47. The van der Waals surface area contributed by atoms with Gasteiger partial charge in [0.05, 0.1) is 7.11 Å². The molecule has 106 valence electrons. The van der Waals surface area contributed by atoms with Crippen LogP contribution in [0.1, 0.15) is 26.2 Å². The molecule has 0 radical (unpaired) electrons. The molecule has 0 amide bonds. The number of piperidine rings is 1. The summed E-state index contributed by atoms with van der Waals surface area (Å²) in [6, 6.07) is 0.481. The number of aromatic nitrogens is 3. The molecule has 2 heterocycles. The predicted molar refractivity (Wildman–Crippen MR) is 74.8 cm³/mol. The summed E-state index contributed by atoms with van der Waals surface area (Å²) in [6.07, 6.45) is 3.93. The van der Waals surface area contributed by atoms with Crippen molar-refractivity contribution in [3.63, 3.8) is 0 Å². The third-order valence-corrected chi connectivity index (χ3v) is 3.30. The van der Waals surface area contributed by atoms with Crippen molar-refractivity contribution in [3.05, 3.63) is 5.28 Å². The van der Waals surface area contributed by atoms with E-state index in [1.165, 1.54) is 39.5 Å². The summed E-state index contributed by atoms with van der Waals surface area (Å²) in [6.45, 7) is 5.44. The van der Waals surface area contributed by atoms with Crippen molar-refractivity contribution in [3.8, 4) is 6.01 Å². The molecule has 7 heteroatoms. The average molecular weight is 286 g/mol. The van der Waals surface area contributed by atoms with Crippen molar-refractivity contribution >= 4 is 17.5 Å². The fourth-order valence-corrected chi connectivity index (χ4v) is 2.44. The van der Waals surface area contributed by atoms with Gasteiger partial charge in [0.15, 0.2) is 0 Å². The largest absolute Gasteiger partial charge is 0.467 e. The lowest BCUT2D eigenvalue weighted by molar-refractivity contribution is 0.223. The minimum atomic E-state index is 0.138. The summed E-state index contributed by atoms with van der Waals surface area (Å²) in [5.74, 6) is 0.460. The Balaban J connectivity index is 1.90. The first-order chi connectivity index (χ1) is 9.17. The maximum absolute atomic E-state index is 5.81. The molecule has 2 rings (SSSR count). The predicted octanol–water partition coefficient (Wildman–Crippen LogP) is 1.82. The molecule has 19 heavy (non-hydrogen) atoms. The number of halogens is 1. The summed E-state index contributed by atoms with van der Waals surface area (Å²) >= 11 is 5.81. The number of ether oxygens (including phenoxy) is 1. The Hall–Kier alpha value is -1.14. The van der Waals surface area contributed by atoms with Gasteiger partial charge in [-0.05, 0) is 44.5 Å². The molecule has 1 fully saturated rings. The van der Waals surface area contributed by atoms with Crippen LogP contribution in [-0.4, -0.2) is 52.6 Å². The van der Waals surface area contributed by atoms with E-state index in [0.29, 0.717) is 5.95 Å². The van der Waals surface area contributed by atoms with Gasteiger partial charge in [0.25, 0.3) is 0 Å². The van der Waals surface area contributed by atoms with E-state index in [2.05, 4.69) is 32.1 Å². The maximum atomic E-state index is 5.81. The Morgan fingerprint density at radius 2 is 2.00 bits per heavy atom. The van der Waals surface area contributed by atoms with Crippen LogP contribution < -0.4 is 10.1 Å². The van der Waals surface area contributed by atoms with Gasteiger partial charge in [-0.15, -0.1) is 0 Å². The summed E-state index contributed by atoms with van der Waals surface area (Å²) in [7, 11) is 1.51. The lowest BCUT2D eigenvalue weighted by Crippen LogP contribution is -2.38. The Bertz CT molecular complexity index is 411. The van der Waals surface area contributed by atoms with Gasteiger partial charge in [0.1, 0.15) is 0 Å². The first kappa shape index (κ1) is 14.3. The number of nitrogens with zero attached hydrogens (tertiary/aromatic N) is 4. The second kappa shape index (κ2) is 6.86. The number of likely N-dealkylation sites (tertiary alicyclic amines) is 1. The van der Waals surface area contributed by atoms with Crippen LogP contribution in [-0.2, 0) is 0 Å². The van der Waals surface area contributed by atoms with Gasteiger partial charge in [-0.2, -0.15) is 15.0 Å². The van der Waals surface area contributed by atoms with Gasteiger partial charge in [-0.25, -0.2) is 0 Å². The van der Waals surface area contributed by atoms with Crippen molar-refractivity contribution in [2.24, 2.45) is 0 Å². The standard InChI is InChI=1S/C12H20ClN5O/c1-9(8-18-6-4-3-5-7-18)14-11-15-10(13)16-12(17-11)19-2/h9H,3-8H2,1-2H3,(H,14,15,16,17). The summed E-state index contributed by atoms with van der Waals surface area (Å²) in [5.41, 5.74) is 0. The molecule has 1 aliphatic heterocycles. The molecule has 1 saturated heterocycles. The first-order valence-electron chi connectivity index (χ1n) is 6.62. The van der Waals surface area contributed by atoms with Gasteiger partial charge in [0.2, 0.25) is 11.2 Å². The van der Waals surface area contributed by atoms with Crippen LogP contribution in [0.3, 0.4) is 0 Å². The van der Waals surface area contributed by atoms with Crippen LogP contribution in [0.4, 0.5) is 5.95 Å². The molecule has 0 aliphatic carbocycles. The molecular weight excluding hydrogens is 266 g/mol. The lowest BCUT2D eigenvalue weighted by atomic mass is 10.1. The van der Waals surface area contributed by atoms with Gasteiger partial charge in [0, 0.05) is 12.6 Å². The smallest absolute Gasteiger partial charge is 0.322 e. The highest BCUT2D eigenvalue weighted by Gasteiger charge is 2.14. The van der Waals surface area contributed by atoms with Crippen LogP contribution in [0.15, 0.2) is 0 Å². The van der Waals surface area contributed by atoms with Gasteiger partial charge in [-0.3, -0.25) is 0 Å². The van der Waals surface area contributed by atoms with E-state index in [-0.39, 0.29) is 17.3 Å². The third-order valence-electron chi connectivity index (χ3n) is 3.13. The SMILES string of the molecule is COc1nc(Cl)nc(NC(C)CN2CCCCC2)n1. The lowest BCUT2D eigenvalue weighted by Gasteiger charge is -2.29. The average Bonchev–Trinajstić information content (AvgIpc) is 2.38. The number of nitrogens with one attached hydrogen (secondary N) is 1. The Labute approximate surface area is 118 Å². The molecule has 1 aromatic heterocycles. The van der Waals surface area contributed by atoms with Crippen LogP contribution in [0.2, 0.25) is 5.28 Å². The van der Waals surface area contributed by atoms with Crippen molar-refractivity contribution < 1.29 is 4.74 Å². The van der Waals surface area contributed by atoms with E-state index in [1.807, 2.05) is 0 Å². The molecule has 1 N–H and O–H groups in total. The van der Waals surface area contributed by atoms with Crippen molar-refractivity contribution in [1.82, 2.24) is 19.9 Å². The zero-order valence-corrected chi connectivity index (χ0v) is 12.2. The van der Waals surface area contributed by atoms with E-state index in [0.717, 1.165) is 6.54 Å². The molecule has 0 saturated carbocycles. The first-order valence-corrected chi connectivity index (χ1v) is 6.99. The normalized spacial score (nSPS) is 18.1. The molecule has 1 aliphatic rings. The van der Waals surface area contributed by atoms with Crippen molar-refractivity contribution in [2.45, 2.75) is 32.2 Å². The highest BCUT2D eigenvalue weighted by molar-refractivity contribution is 6.28. The summed E-state index contributed by atoms with van der Waals surface area (Å²) in [4.78, 5) is 14.5. The maximum Gasteiger partial charge on any atom is 0.322 e. The molecule has 6 nitrogen and oxygen atoms in total. The second-order valence-electron chi connectivity index (χ2n) is 4.82. The minimum absolute atomic E-state index is 0.138. The summed E-state index contributed by atoms with van der Waals surface area (Å²) < 4.78 is 4.97. The zero-order valence-electron chi connectivity index (χ0n) is 11.4. The van der Waals surface area contributed by atoms with E-state index in [9.17, 15) is 0 Å². The molecule has 1 unspecified atom stereocenters. The Morgan fingerprint density at radius 1 is 1.26 bits per heavy atom. The highest BCUT2D eigenvalue weighted by Crippen LogP contribution is 2.13.